The fourth-order valence-corrected chi connectivity index (χ4v) is 5.73. The lowest BCUT2D eigenvalue weighted by atomic mass is 9.72. The Morgan fingerprint density at radius 3 is 2.53 bits per heavy atom. The summed E-state index contributed by atoms with van der Waals surface area (Å²) in [6.45, 7) is 7.30. The highest BCUT2D eigenvalue weighted by Gasteiger charge is 2.64. The second-order valence-electron chi connectivity index (χ2n) is 9.68. The first kappa shape index (κ1) is 27.8. The molecular formula is C25H27ClF3N3O3S. The average Bonchev–Trinajstić information content (AvgIpc) is 3.13. The van der Waals surface area contributed by atoms with E-state index >= 15 is 0 Å². The maximum atomic E-state index is 14.6. The zero-order valence-corrected chi connectivity index (χ0v) is 21.9. The number of benzene rings is 1. The minimum Gasteiger partial charge on any atom is -0.463 e. The standard InChI is InChI=1S/C25H27ClF3N3O3S/c1-5-35-22(34)24(25(27,28)29,31-20(33)14-7-6-8-16(26)11-14)32-21-18(13-30)17-10-9-15(23(2,3)4)12-19(17)36-21/h6-8,11,15,32H,5,9-10,12H2,1-4H3,(H,31,33). The molecule has 36 heavy (non-hydrogen) atoms. The molecule has 2 unspecified atom stereocenters. The SMILES string of the molecule is CCOC(=O)C(NC(=O)c1cccc(Cl)c1)(Nc1sc2c(c1C#N)CCC(C(C)(C)C)C2)C(F)(F)F. The molecule has 0 bridgehead atoms. The molecule has 0 radical (unpaired) electrons. The number of halogens is 4. The summed E-state index contributed by atoms with van der Waals surface area (Å²) >= 11 is 6.89. The first-order valence-corrected chi connectivity index (χ1v) is 12.6. The van der Waals surface area contributed by atoms with E-state index in [4.69, 9.17) is 16.3 Å². The van der Waals surface area contributed by atoms with Gasteiger partial charge in [-0.15, -0.1) is 11.3 Å². The van der Waals surface area contributed by atoms with Crippen LogP contribution < -0.4 is 10.6 Å². The van der Waals surface area contributed by atoms with Crippen molar-refractivity contribution in [2.24, 2.45) is 11.3 Å². The Morgan fingerprint density at radius 1 is 1.28 bits per heavy atom. The van der Waals surface area contributed by atoms with Crippen LogP contribution in [0.25, 0.3) is 0 Å². The Morgan fingerprint density at radius 2 is 1.97 bits per heavy atom. The van der Waals surface area contributed by atoms with Crippen molar-refractivity contribution in [3.8, 4) is 6.07 Å². The van der Waals surface area contributed by atoms with E-state index in [1.165, 1.54) is 31.2 Å². The van der Waals surface area contributed by atoms with Crippen molar-refractivity contribution in [1.82, 2.24) is 5.32 Å². The van der Waals surface area contributed by atoms with Crippen LogP contribution in [0.3, 0.4) is 0 Å². The van der Waals surface area contributed by atoms with Crippen molar-refractivity contribution < 1.29 is 27.5 Å². The monoisotopic (exact) mass is 541 g/mol. The van der Waals surface area contributed by atoms with Crippen LogP contribution in [0.15, 0.2) is 24.3 Å². The molecule has 11 heteroatoms. The minimum absolute atomic E-state index is 0.0202. The molecule has 0 saturated heterocycles. The zero-order chi connectivity index (χ0) is 26.9. The van der Waals surface area contributed by atoms with Gasteiger partial charge in [-0.05, 0) is 61.3 Å². The molecule has 1 aliphatic rings. The number of rotatable bonds is 6. The zero-order valence-electron chi connectivity index (χ0n) is 20.3. The number of nitriles is 1. The van der Waals surface area contributed by atoms with Crippen molar-refractivity contribution in [2.45, 2.75) is 58.8 Å². The number of fused-ring (bicyclic) bond motifs is 1. The van der Waals surface area contributed by atoms with Crippen LogP contribution in [-0.4, -0.2) is 30.3 Å². The van der Waals surface area contributed by atoms with Crippen molar-refractivity contribution in [3.63, 3.8) is 0 Å². The van der Waals surface area contributed by atoms with Crippen LogP contribution in [0.4, 0.5) is 18.2 Å². The van der Waals surface area contributed by atoms with Crippen LogP contribution >= 0.6 is 22.9 Å². The lowest BCUT2D eigenvalue weighted by Gasteiger charge is -2.35. The molecule has 194 valence electrons. The number of hydrogen-bond acceptors (Lipinski definition) is 6. The quantitative estimate of drug-likeness (QED) is 0.341. The number of ether oxygens (including phenoxy) is 1. The number of alkyl halides is 3. The molecule has 1 amide bonds. The van der Waals surface area contributed by atoms with E-state index in [1.807, 2.05) is 6.07 Å². The number of anilines is 1. The van der Waals surface area contributed by atoms with Gasteiger partial charge < -0.3 is 15.4 Å². The molecule has 2 atom stereocenters. The summed E-state index contributed by atoms with van der Waals surface area (Å²) in [7, 11) is 0. The predicted molar refractivity (Wildman–Crippen MR) is 132 cm³/mol. The summed E-state index contributed by atoms with van der Waals surface area (Å²) in [5, 5.41) is 13.8. The van der Waals surface area contributed by atoms with E-state index in [9.17, 15) is 28.0 Å². The minimum atomic E-state index is -5.32. The molecule has 3 rings (SSSR count). The van der Waals surface area contributed by atoms with Crippen LogP contribution in [0, 0.1) is 22.7 Å². The largest absolute Gasteiger partial charge is 0.463 e. The van der Waals surface area contributed by atoms with Gasteiger partial charge in [-0.25, -0.2) is 4.79 Å². The number of thiophene rings is 1. The first-order valence-electron chi connectivity index (χ1n) is 11.4. The molecule has 0 saturated carbocycles. The molecule has 1 aromatic carbocycles. The van der Waals surface area contributed by atoms with Gasteiger partial charge in [-0.3, -0.25) is 4.79 Å². The molecule has 0 spiro atoms. The highest BCUT2D eigenvalue weighted by atomic mass is 35.5. The van der Waals surface area contributed by atoms with Crippen molar-refractivity contribution in [2.75, 3.05) is 11.9 Å². The van der Waals surface area contributed by atoms with E-state index in [1.54, 1.807) is 5.32 Å². The number of nitrogens with zero attached hydrogens (tertiary/aromatic N) is 1. The second kappa shape index (κ2) is 10.3. The summed E-state index contributed by atoms with van der Waals surface area (Å²) in [6, 6.07) is 7.30. The normalized spacial score (nSPS) is 17.4. The van der Waals surface area contributed by atoms with E-state index in [2.05, 4.69) is 26.1 Å². The van der Waals surface area contributed by atoms with Crippen molar-refractivity contribution >= 4 is 39.8 Å². The lowest BCUT2D eigenvalue weighted by molar-refractivity contribution is -0.204. The third-order valence-corrected chi connectivity index (χ3v) is 7.70. The molecule has 6 nitrogen and oxygen atoms in total. The second-order valence-corrected chi connectivity index (χ2v) is 11.2. The van der Waals surface area contributed by atoms with Crippen molar-refractivity contribution in [1.29, 1.82) is 5.26 Å². The van der Waals surface area contributed by atoms with Crippen molar-refractivity contribution in [3.05, 3.63) is 50.9 Å². The number of amides is 1. The van der Waals surface area contributed by atoms with Crippen LogP contribution in [-0.2, 0) is 22.4 Å². The number of carbonyl (C=O) groups is 2. The number of carbonyl (C=O) groups excluding carboxylic acids is 2. The predicted octanol–water partition coefficient (Wildman–Crippen LogP) is 6.09. The van der Waals surface area contributed by atoms with Crippen LogP contribution in [0.2, 0.25) is 5.02 Å². The molecule has 0 aliphatic heterocycles. The fourth-order valence-electron chi connectivity index (χ4n) is 4.20. The van der Waals surface area contributed by atoms with E-state index in [0.717, 1.165) is 22.6 Å². The topological polar surface area (TPSA) is 91.2 Å². The van der Waals surface area contributed by atoms with Gasteiger partial charge in [0.1, 0.15) is 11.1 Å². The average molecular weight is 542 g/mol. The molecule has 1 aliphatic carbocycles. The summed E-state index contributed by atoms with van der Waals surface area (Å²) < 4.78 is 48.7. The van der Waals surface area contributed by atoms with Gasteiger partial charge in [0.2, 0.25) is 0 Å². The maximum absolute atomic E-state index is 14.6. The third kappa shape index (κ3) is 5.47. The Hall–Kier alpha value is -2.77. The van der Waals surface area contributed by atoms with Gasteiger partial charge in [0, 0.05) is 15.5 Å². The molecular weight excluding hydrogens is 515 g/mol. The maximum Gasteiger partial charge on any atom is 0.441 e. The Kier molecular flexibility index (Phi) is 7.96. The summed E-state index contributed by atoms with van der Waals surface area (Å²) in [4.78, 5) is 26.5. The Balaban J connectivity index is 2.09. The summed E-state index contributed by atoms with van der Waals surface area (Å²) in [6.07, 6.45) is -3.40. The number of hydrogen-bond donors (Lipinski definition) is 2. The Bertz CT molecular complexity index is 1200. The molecule has 1 heterocycles. The van der Waals surface area contributed by atoms with Crippen LogP contribution in [0.5, 0.6) is 0 Å². The smallest absolute Gasteiger partial charge is 0.441 e. The van der Waals surface area contributed by atoms with E-state index < -0.39 is 23.7 Å². The number of esters is 1. The van der Waals surface area contributed by atoms with Gasteiger partial charge in [0.15, 0.2) is 0 Å². The lowest BCUT2D eigenvalue weighted by Crippen LogP contribution is -2.69. The highest BCUT2D eigenvalue weighted by Crippen LogP contribution is 2.45. The van der Waals surface area contributed by atoms with Gasteiger partial charge in [0.05, 0.1) is 12.2 Å². The molecule has 0 fully saturated rings. The molecule has 1 aromatic heterocycles. The summed E-state index contributed by atoms with van der Waals surface area (Å²) in [5.74, 6) is -2.65. The van der Waals surface area contributed by atoms with Gasteiger partial charge in [-0.2, -0.15) is 18.4 Å². The summed E-state index contributed by atoms with van der Waals surface area (Å²) in [5.41, 5.74) is -3.12. The third-order valence-electron chi connectivity index (χ3n) is 6.30. The van der Waals surface area contributed by atoms with E-state index in [-0.39, 0.29) is 39.1 Å². The highest BCUT2D eigenvalue weighted by molar-refractivity contribution is 7.16. The fraction of sp³-hybridized carbons (Fsp3) is 0.480. The first-order chi connectivity index (χ1) is 16.7. The number of nitrogens with one attached hydrogen (secondary N) is 2. The molecule has 2 N–H and O–H groups in total. The Labute approximate surface area is 216 Å². The van der Waals surface area contributed by atoms with Crippen LogP contribution in [0.1, 0.15) is 60.5 Å². The van der Waals surface area contributed by atoms with Gasteiger partial charge >= 0.3 is 17.8 Å². The molecule has 2 aromatic rings. The van der Waals surface area contributed by atoms with Gasteiger partial charge in [0.25, 0.3) is 5.91 Å². The van der Waals surface area contributed by atoms with E-state index in [0.29, 0.717) is 18.4 Å². The van der Waals surface area contributed by atoms with Gasteiger partial charge in [-0.1, -0.05) is 38.4 Å².